The second-order valence-corrected chi connectivity index (χ2v) is 5.10. The fourth-order valence-corrected chi connectivity index (χ4v) is 2.80. The van der Waals surface area contributed by atoms with E-state index in [0.717, 1.165) is 27.7 Å². The van der Waals surface area contributed by atoms with Crippen LogP contribution in [0.3, 0.4) is 0 Å². The lowest BCUT2D eigenvalue weighted by Gasteiger charge is -2.15. The maximum atomic E-state index is 11.1. The molecule has 0 spiro atoms. The Hall–Kier alpha value is -2.62. The van der Waals surface area contributed by atoms with Crippen molar-refractivity contribution >= 4 is 28.5 Å². The van der Waals surface area contributed by atoms with Gasteiger partial charge in [-0.15, -0.1) is 0 Å². The van der Waals surface area contributed by atoms with Crippen LogP contribution in [0, 0.1) is 5.92 Å². The summed E-state index contributed by atoms with van der Waals surface area (Å²) in [5.41, 5.74) is 3.91. The van der Waals surface area contributed by atoms with Gasteiger partial charge < -0.3 is 9.51 Å². The average Bonchev–Trinajstić information content (AvgIpc) is 2.81. The quantitative estimate of drug-likeness (QED) is 0.735. The molecule has 0 fully saturated rings. The van der Waals surface area contributed by atoms with E-state index in [0.29, 0.717) is 6.42 Å². The van der Waals surface area contributed by atoms with Gasteiger partial charge in [0, 0.05) is 17.8 Å². The van der Waals surface area contributed by atoms with Gasteiger partial charge in [0.15, 0.2) is 0 Å². The molecule has 4 rings (SSSR count). The zero-order chi connectivity index (χ0) is 13.7. The highest BCUT2D eigenvalue weighted by atomic mass is 16.4. The van der Waals surface area contributed by atoms with E-state index >= 15 is 0 Å². The summed E-state index contributed by atoms with van der Waals surface area (Å²) in [5, 5.41) is 10.2. The van der Waals surface area contributed by atoms with Crippen LogP contribution in [0.4, 0.5) is 0 Å². The molecular formula is C16H12N2O2. The lowest BCUT2D eigenvalue weighted by atomic mass is 9.92. The molecule has 0 bridgehead atoms. The predicted octanol–water partition coefficient (Wildman–Crippen LogP) is 2.76. The molecular weight excluding hydrogens is 252 g/mol. The molecule has 0 radical (unpaired) electrons. The first-order valence-corrected chi connectivity index (χ1v) is 6.53. The van der Waals surface area contributed by atoms with Crippen LogP contribution in [-0.4, -0.2) is 20.5 Å². The number of aromatic nitrogens is 2. The molecule has 0 saturated heterocycles. The summed E-state index contributed by atoms with van der Waals surface area (Å²) in [6.45, 7) is 0. The standard InChI is InChI=1S/C16H12N2O2/c19-16(20)10-4-5-13-11(7-10)8-12-9-18-6-2-1-3-14(18)15(12)17-13/h1-6,8-10H,7H2,(H,19,20). The molecule has 1 aliphatic carbocycles. The van der Waals surface area contributed by atoms with E-state index in [2.05, 4.69) is 6.07 Å². The van der Waals surface area contributed by atoms with Crippen molar-refractivity contribution in [1.82, 2.24) is 9.38 Å². The van der Waals surface area contributed by atoms with Crippen LogP contribution in [0.5, 0.6) is 0 Å². The van der Waals surface area contributed by atoms with Crippen molar-refractivity contribution in [1.29, 1.82) is 0 Å². The number of hydrogen-bond donors (Lipinski definition) is 1. The Morgan fingerprint density at radius 3 is 3.15 bits per heavy atom. The maximum absolute atomic E-state index is 11.1. The van der Waals surface area contributed by atoms with Crippen molar-refractivity contribution in [3.8, 4) is 0 Å². The number of carboxylic acids is 1. The number of hydrogen-bond acceptors (Lipinski definition) is 2. The molecule has 1 unspecified atom stereocenters. The van der Waals surface area contributed by atoms with Crippen molar-refractivity contribution < 1.29 is 9.90 Å². The van der Waals surface area contributed by atoms with Gasteiger partial charge in [-0.25, -0.2) is 4.98 Å². The first-order valence-electron chi connectivity index (χ1n) is 6.53. The molecule has 1 aliphatic rings. The molecule has 1 atom stereocenters. The van der Waals surface area contributed by atoms with Crippen LogP contribution >= 0.6 is 0 Å². The van der Waals surface area contributed by atoms with Gasteiger partial charge in [-0.3, -0.25) is 4.79 Å². The van der Waals surface area contributed by atoms with Gasteiger partial charge >= 0.3 is 5.97 Å². The maximum Gasteiger partial charge on any atom is 0.310 e. The minimum atomic E-state index is -0.783. The molecule has 20 heavy (non-hydrogen) atoms. The van der Waals surface area contributed by atoms with Gasteiger partial charge in [-0.1, -0.05) is 12.1 Å². The normalized spacial score (nSPS) is 17.5. The smallest absolute Gasteiger partial charge is 0.310 e. The Morgan fingerprint density at radius 1 is 1.40 bits per heavy atom. The van der Waals surface area contributed by atoms with Crippen LogP contribution < -0.4 is 0 Å². The highest BCUT2D eigenvalue weighted by molar-refractivity contribution is 5.95. The fourth-order valence-electron chi connectivity index (χ4n) is 2.80. The molecule has 4 heteroatoms. The van der Waals surface area contributed by atoms with E-state index < -0.39 is 11.9 Å². The summed E-state index contributed by atoms with van der Waals surface area (Å²) in [5.74, 6) is -1.23. The zero-order valence-corrected chi connectivity index (χ0v) is 10.7. The average molecular weight is 264 g/mol. The largest absolute Gasteiger partial charge is 0.481 e. The van der Waals surface area contributed by atoms with Gasteiger partial charge in [0.25, 0.3) is 0 Å². The highest BCUT2D eigenvalue weighted by Crippen LogP contribution is 2.28. The first-order chi connectivity index (χ1) is 9.72. The molecule has 98 valence electrons. The predicted molar refractivity (Wildman–Crippen MR) is 76.6 cm³/mol. The number of nitrogens with zero attached hydrogens (tertiary/aromatic N) is 2. The van der Waals surface area contributed by atoms with E-state index in [1.165, 1.54) is 0 Å². The van der Waals surface area contributed by atoms with Crippen molar-refractivity contribution in [2.45, 2.75) is 6.42 Å². The van der Waals surface area contributed by atoms with Gasteiger partial charge in [0.2, 0.25) is 0 Å². The van der Waals surface area contributed by atoms with E-state index in [1.807, 2.05) is 41.1 Å². The first kappa shape index (κ1) is 11.2. The Bertz CT molecular complexity index is 877. The van der Waals surface area contributed by atoms with E-state index in [1.54, 1.807) is 6.08 Å². The molecule has 4 nitrogen and oxygen atoms in total. The molecule has 3 aromatic rings. The molecule has 0 aromatic carbocycles. The topological polar surface area (TPSA) is 54.6 Å². The minimum Gasteiger partial charge on any atom is -0.481 e. The Balaban J connectivity index is 1.96. The van der Waals surface area contributed by atoms with Crippen LogP contribution in [0.15, 0.2) is 42.7 Å². The third kappa shape index (κ3) is 1.54. The fraction of sp³-hybridized carbons (Fsp3) is 0.125. The highest BCUT2D eigenvalue weighted by Gasteiger charge is 2.21. The van der Waals surface area contributed by atoms with Crippen molar-refractivity contribution in [3.63, 3.8) is 0 Å². The monoisotopic (exact) mass is 264 g/mol. The number of carbonyl (C=O) groups is 1. The second kappa shape index (κ2) is 3.93. The molecule has 1 N–H and O–H groups in total. The van der Waals surface area contributed by atoms with Crippen LogP contribution in [-0.2, 0) is 11.2 Å². The minimum absolute atomic E-state index is 0.446. The zero-order valence-electron chi connectivity index (χ0n) is 10.7. The SMILES string of the molecule is O=C(O)C1C=Cc2nc3c(cc2C1)cn1ccccc31. The van der Waals surface area contributed by atoms with Crippen LogP contribution in [0.25, 0.3) is 22.5 Å². The van der Waals surface area contributed by atoms with Crippen molar-refractivity contribution in [2.24, 2.45) is 5.92 Å². The van der Waals surface area contributed by atoms with Gasteiger partial charge in [0.1, 0.15) is 0 Å². The van der Waals surface area contributed by atoms with Crippen LogP contribution in [0.2, 0.25) is 0 Å². The third-order valence-corrected chi connectivity index (χ3v) is 3.82. The van der Waals surface area contributed by atoms with Gasteiger partial charge in [-0.2, -0.15) is 0 Å². The van der Waals surface area contributed by atoms with Crippen molar-refractivity contribution in [2.75, 3.05) is 0 Å². The summed E-state index contributed by atoms with van der Waals surface area (Å²) >= 11 is 0. The van der Waals surface area contributed by atoms with E-state index in [-0.39, 0.29) is 0 Å². The summed E-state index contributed by atoms with van der Waals surface area (Å²) in [4.78, 5) is 15.8. The van der Waals surface area contributed by atoms with E-state index in [9.17, 15) is 4.79 Å². The lowest BCUT2D eigenvalue weighted by Crippen LogP contribution is -2.17. The lowest BCUT2D eigenvalue weighted by molar-refractivity contribution is -0.140. The Kier molecular flexibility index (Phi) is 2.21. The van der Waals surface area contributed by atoms with Crippen LogP contribution in [0.1, 0.15) is 11.3 Å². The molecule has 0 amide bonds. The number of carboxylic acid groups (broad SMARTS) is 1. The number of pyridine rings is 2. The Labute approximate surface area is 115 Å². The second-order valence-electron chi connectivity index (χ2n) is 5.10. The molecule has 0 saturated carbocycles. The Morgan fingerprint density at radius 2 is 2.30 bits per heavy atom. The number of fused-ring (bicyclic) bond motifs is 4. The summed E-state index contributed by atoms with van der Waals surface area (Å²) in [6.07, 6.45) is 8.08. The van der Waals surface area contributed by atoms with Gasteiger partial charge in [-0.05, 0) is 36.3 Å². The van der Waals surface area contributed by atoms with Gasteiger partial charge in [0.05, 0.1) is 22.6 Å². The summed E-state index contributed by atoms with van der Waals surface area (Å²) < 4.78 is 2.04. The number of aliphatic carboxylic acids is 1. The molecule has 3 heterocycles. The van der Waals surface area contributed by atoms with Crippen molar-refractivity contribution in [3.05, 3.63) is 54.0 Å². The third-order valence-electron chi connectivity index (χ3n) is 3.82. The van der Waals surface area contributed by atoms with E-state index in [4.69, 9.17) is 10.1 Å². The molecule has 3 aromatic heterocycles. The molecule has 0 aliphatic heterocycles. The summed E-state index contributed by atoms with van der Waals surface area (Å²) in [7, 11) is 0. The number of rotatable bonds is 1. The summed E-state index contributed by atoms with van der Waals surface area (Å²) in [6, 6.07) is 8.07.